The normalized spacial score (nSPS) is 10.3. The molecule has 0 aliphatic rings. The van der Waals surface area contributed by atoms with E-state index in [9.17, 15) is 4.79 Å². The molecule has 0 bridgehead atoms. The molecule has 5 heteroatoms. The molecular formula is C9H7N3O2. The SMILES string of the molecule is C=Cc1cnc2[nH]cc(C(=O)O)c2n1. The van der Waals surface area contributed by atoms with E-state index in [0.29, 0.717) is 16.9 Å². The highest BCUT2D eigenvalue weighted by Crippen LogP contribution is 2.14. The van der Waals surface area contributed by atoms with E-state index >= 15 is 0 Å². The molecule has 2 aromatic rings. The molecule has 0 aliphatic carbocycles. The molecule has 0 saturated carbocycles. The Morgan fingerprint density at radius 3 is 3.07 bits per heavy atom. The molecule has 2 N–H and O–H groups in total. The lowest BCUT2D eigenvalue weighted by atomic mass is 10.3. The summed E-state index contributed by atoms with van der Waals surface area (Å²) in [6.45, 7) is 3.54. The summed E-state index contributed by atoms with van der Waals surface area (Å²) in [6, 6.07) is 0. The zero-order valence-corrected chi connectivity index (χ0v) is 7.19. The first kappa shape index (κ1) is 8.43. The van der Waals surface area contributed by atoms with Crippen molar-refractivity contribution in [3.05, 3.63) is 30.2 Å². The fourth-order valence-corrected chi connectivity index (χ4v) is 1.17. The summed E-state index contributed by atoms with van der Waals surface area (Å²) in [6.07, 6.45) is 4.42. The quantitative estimate of drug-likeness (QED) is 0.746. The second kappa shape index (κ2) is 2.95. The minimum absolute atomic E-state index is 0.121. The first-order chi connectivity index (χ1) is 6.72. The molecule has 70 valence electrons. The third-order valence-electron chi connectivity index (χ3n) is 1.84. The van der Waals surface area contributed by atoms with Gasteiger partial charge in [0, 0.05) is 6.20 Å². The second-order valence-corrected chi connectivity index (χ2v) is 2.70. The number of carboxylic acids is 1. The Labute approximate surface area is 79.1 Å². The van der Waals surface area contributed by atoms with E-state index < -0.39 is 5.97 Å². The van der Waals surface area contributed by atoms with Gasteiger partial charge in [0.2, 0.25) is 0 Å². The monoisotopic (exact) mass is 189 g/mol. The average Bonchev–Trinajstić information content (AvgIpc) is 2.59. The van der Waals surface area contributed by atoms with Crippen LogP contribution in [0.2, 0.25) is 0 Å². The van der Waals surface area contributed by atoms with Gasteiger partial charge < -0.3 is 10.1 Å². The molecular weight excluding hydrogens is 182 g/mol. The highest BCUT2D eigenvalue weighted by Gasteiger charge is 2.12. The van der Waals surface area contributed by atoms with Crippen molar-refractivity contribution in [1.82, 2.24) is 15.0 Å². The summed E-state index contributed by atoms with van der Waals surface area (Å²) in [7, 11) is 0. The Hall–Kier alpha value is -2.17. The van der Waals surface area contributed by atoms with E-state index in [1.54, 1.807) is 0 Å². The molecule has 0 aliphatic heterocycles. The van der Waals surface area contributed by atoms with Crippen LogP contribution < -0.4 is 0 Å². The van der Waals surface area contributed by atoms with Crippen LogP contribution in [-0.2, 0) is 0 Å². The number of aromatic amines is 1. The van der Waals surface area contributed by atoms with E-state index in [1.807, 2.05) is 0 Å². The highest BCUT2D eigenvalue weighted by atomic mass is 16.4. The molecule has 14 heavy (non-hydrogen) atoms. The van der Waals surface area contributed by atoms with Crippen LogP contribution in [0.4, 0.5) is 0 Å². The third kappa shape index (κ3) is 1.15. The van der Waals surface area contributed by atoms with Gasteiger partial charge >= 0.3 is 5.97 Å². The first-order valence-electron chi connectivity index (χ1n) is 3.92. The molecule has 0 spiro atoms. The van der Waals surface area contributed by atoms with Gasteiger partial charge in [0.15, 0.2) is 5.65 Å². The second-order valence-electron chi connectivity index (χ2n) is 2.70. The van der Waals surface area contributed by atoms with Crippen molar-refractivity contribution in [3.8, 4) is 0 Å². The lowest BCUT2D eigenvalue weighted by Gasteiger charge is -1.93. The van der Waals surface area contributed by atoms with Gasteiger partial charge in [-0.3, -0.25) is 0 Å². The van der Waals surface area contributed by atoms with E-state index in [0.717, 1.165) is 0 Å². The number of nitrogens with zero attached hydrogens (tertiary/aromatic N) is 2. The minimum Gasteiger partial charge on any atom is -0.478 e. The molecule has 0 aromatic carbocycles. The Morgan fingerprint density at radius 2 is 2.43 bits per heavy atom. The summed E-state index contributed by atoms with van der Waals surface area (Å²) in [5.41, 5.74) is 1.50. The van der Waals surface area contributed by atoms with Crippen LogP contribution in [0.3, 0.4) is 0 Å². The maximum atomic E-state index is 10.8. The first-order valence-corrected chi connectivity index (χ1v) is 3.92. The molecule has 0 radical (unpaired) electrons. The Balaban J connectivity index is 2.75. The summed E-state index contributed by atoms with van der Waals surface area (Å²) >= 11 is 0. The fraction of sp³-hybridized carbons (Fsp3) is 0. The number of carbonyl (C=O) groups is 1. The van der Waals surface area contributed by atoms with Gasteiger partial charge in [0.1, 0.15) is 11.1 Å². The largest absolute Gasteiger partial charge is 0.478 e. The van der Waals surface area contributed by atoms with Crippen LogP contribution >= 0.6 is 0 Å². The zero-order valence-electron chi connectivity index (χ0n) is 7.19. The smallest absolute Gasteiger partial charge is 0.339 e. The van der Waals surface area contributed by atoms with Crippen LogP contribution in [0.15, 0.2) is 19.0 Å². The number of H-pyrrole nitrogens is 1. The lowest BCUT2D eigenvalue weighted by molar-refractivity contribution is 0.0699. The van der Waals surface area contributed by atoms with Crippen LogP contribution in [-0.4, -0.2) is 26.0 Å². The van der Waals surface area contributed by atoms with Gasteiger partial charge in [0.25, 0.3) is 0 Å². The van der Waals surface area contributed by atoms with E-state index in [4.69, 9.17) is 5.11 Å². The number of nitrogens with one attached hydrogen (secondary N) is 1. The number of hydrogen-bond acceptors (Lipinski definition) is 3. The molecule has 5 nitrogen and oxygen atoms in total. The van der Waals surface area contributed by atoms with Gasteiger partial charge in [-0.25, -0.2) is 14.8 Å². The van der Waals surface area contributed by atoms with Crippen molar-refractivity contribution >= 4 is 23.2 Å². The van der Waals surface area contributed by atoms with Crippen molar-refractivity contribution in [2.75, 3.05) is 0 Å². The molecule has 2 aromatic heterocycles. The number of aromatic carboxylic acids is 1. The molecule has 2 heterocycles. The number of fused-ring (bicyclic) bond motifs is 1. The summed E-state index contributed by atoms with van der Waals surface area (Å²) in [4.78, 5) is 21.6. The number of aromatic nitrogens is 3. The minimum atomic E-state index is -1.02. The van der Waals surface area contributed by atoms with Crippen LogP contribution in [0.25, 0.3) is 17.2 Å². The van der Waals surface area contributed by atoms with Crippen LogP contribution in [0.5, 0.6) is 0 Å². The van der Waals surface area contributed by atoms with Gasteiger partial charge in [-0.15, -0.1) is 0 Å². The average molecular weight is 189 g/mol. The van der Waals surface area contributed by atoms with E-state index in [1.165, 1.54) is 18.5 Å². The van der Waals surface area contributed by atoms with Crippen molar-refractivity contribution < 1.29 is 9.90 Å². The Morgan fingerprint density at radius 1 is 1.64 bits per heavy atom. The molecule has 0 atom stereocenters. The summed E-state index contributed by atoms with van der Waals surface area (Å²) in [5.74, 6) is -1.02. The summed E-state index contributed by atoms with van der Waals surface area (Å²) in [5, 5.41) is 8.82. The molecule has 0 saturated heterocycles. The van der Waals surface area contributed by atoms with Crippen LogP contribution in [0, 0.1) is 0 Å². The third-order valence-corrected chi connectivity index (χ3v) is 1.84. The molecule has 0 fully saturated rings. The Kier molecular flexibility index (Phi) is 1.78. The molecule has 0 unspecified atom stereocenters. The van der Waals surface area contributed by atoms with E-state index in [-0.39, 0.29) is 5.56 Å². The zero-order chi connectivity index (χ0) is 10.1. The van der Waals surface area contributed by atoms with Gasteiger partial charge in [-0.2, -0.15) is 0 Å². The van der Waals surface area contributed by atoms with E-state index in [2.05, 4.69) is 21.5 Å². The fourth-order valence-electron chi connectivity index (χ4n) is 1.17. The number of carboxylic acid groups (broad SMARTS) is 1. The van der Waals surface area contributed by atoms with Gasteiger partial charge in [-0.05, 0) is 6.08 Å². The van der Waals surface area contributed by atoms with Gasteiger partial charge in [-0.1, -0.05) is 6.58 Å². The van der Waals surface area contributed by atoms with Crippen molar-refractivity contribution in [3.63, 3.8) is 0 Å². The predicted octanol–water partition coefficient (Wildman–Crippen LogP) is 1.30. The topological polar surface area (TPSA) is 78.9 Å². The lowest BCUT2D eigenvalue weighted by Crippen LogP contribution is -1.96. The standard InChI is InChI=1S/C9H7N3O2/c1-2-5-3-10-8-7(12-5)6(4-11-8)9(13)14/h2-4H,1H2,(H,10,11)(H,13,14). The Bertz CT molecular complexity index is 516. The molecule has 0 amide bonds. The van der Waals surface area contributed by atoms with Crippen molar-refractivity contribution in [1.29, 1.82) is 0 Å². The van der Waals surface area contributed by atoms with Crippen molar-refractivity contribution in [2.45, 2.75) is 0 Å². The maximum absolute atomic E-state index is 10.8. The number of hydrogen-bond donors (Lipinski definition) is 2. The van der Waals surface area contributed by atoms with Crippen LogP contribution in [0.1, 0.15) is 16.1 Å². The predicted molar refractivity (Wildman–Crippen MR) is 50.9 cm³/mol. The van der Waals surface area contributed by atoms with Gasteiger partial charge in [0.05, 0.1) is 11.9 Å². The number of rotatable bonds is 2. The highest BCUT2D eigenvalue weighted by molar-refractivity contribution is 6.00. The maximum Gasteiger partial charge on any atom is 0.339 e. The van der Waals surface area contributed by atoms with Crippen molar-refractivity contribution in [2.24, 2.45) is 0 Å². The molecule has 2 rings (SSSR count). The summed E-state index contributed by atoms with van der Waals surface area (Å²) < 4.78 is 0.